The van der Waals surface area contributed by atoms with Crippen molar-refractivity contribution in [1.29, 1.82) is 5.26 Å². The molecule has 1 N–H and O–H groups in total. The number of hydrogen-bond acceptors (Lipinski definition) is 5. The first kappa shape index (κ1) is 15.9. The first-order valence-electron chi connectivity index (χ1n) is 8.67. The van der Waals surface area contributed by atoms with Gasteiger partial charge in [0, 0.05) is 32.4 Å². The number of amides is 1. The molecule has 0 radical (unpaired) electrons. The summed E-state index contributed by atoms with van der Waals surface area (Å²) in [5.41, 5.74) is 0.975. The van der Waals surface area contributed by atoms with E-state index in [1.165, 1.54) is 0 Å². The molecule has 2 fully saturated rings. The SMILES string of the molecule is CN(c1ncnc2[nH]ccc12)C1CC2CN(C(=O)CC#N)C[C@]2(C)C1. The molecule has 7 nitrogen and oxygen atoms in total. The van der Waals surface area contributed by atoms with Gasteiger partial charge in [-0.3, -0.25) is 4.79 Å². The number of nitriles is 1. The fourth-order valence-corrected chi connectivity index (χ4v) is 4.63. The lowest BCUT2D eigenvalue weighted by Crippen LogP contribution is -2.36. The topological polar surface area (TPSA) is 88.9 Å². The molecule has 3 heterocycles. The number of carbonyl (C=O) groups excluding carboxylic acids is 1. The normalized spacial score (nSPS) is 28.1. The molecule has 1 aliphatic carbocycles. The van der Waals surface area contributed by atoms with Crippen molar-refractivity contribution in [2.45, 2.75) is 32.2 Å². The Kier molecular flexibility index (Phi) is 3.64. The van der Waals surface area contributed by atoms with Crippen LogP contribution in [0.2, 0.25) is 0 Å². The number of carbonyl (C=O) groups is 1. The Morgan fingerprint density at radius 1 is 1.56 bits per heavy atom. The maximum absolute atomic E-state index is 12.0. The fraction of sp³-hybridized carbons (Fsp3) is 0.556. The van der Waals surface area contributed by atoms with Crippen LogP contribution in [0.25, 0.3) is 11.0 Å². The zero-order valence-corrected chi connectivity index (χ0v) is 14.6. The van der Waals surface area contributed by atoms with E-state index >= 15 is 0 Å². The largest absolute Gasteiger partial charge is 0.356 e. The molecule has 7 heteroatoms. The van der Waals surface area contributed by atoms with E-state index in [-0.39, 0.29) is 17.7 Å². The summed E-state index contributed by atoms with van der Waals surface area (Å²) in [5.74, 6) is 1.40. The van der Waals surface area contributed by atoms with Crippen LogP contribution in [0.4, 0.5) is 5.82 Å². The van der Waals surface area contributed by atoms with Gasteiger partial charge in [0.25, 0.3) is 0 Å². The molecule has 1 saturated carbocycles. The minimum Gasteiger partial charge on any atom is -0.356 e. The van der Waals surface area contributed by atoms with E-state index in [2.05, 4.69) is 33.8 Å². The highest BCUT2D eigenvalue weighted by atomic mass is 16.2. The van der Waals surface area contributed by atoms with Crippen LogP contribution in [0.1, 0.15) is 26.2 Å². The van der Waals surface area contributed by atoms with Gasteiger partial charge in [0.2, 0.25) is 5.91 Å². The zero-order valence-electron chi connectivity index (χ0n) is 14.6. The first-order chi connectivity index (χ1) is 12.0. The van der Waals surface area contributed by atoms with Crippen LogP contribution in [0.3, 0.4) is 0 Å². The second-order valence-corrected chi connectivity index (χ2v) is 7.60. The van der Waals surface area contributed by atoms with Crippen LogP contribution >= 0.6 is 0 Å². The van der Waals surface area contributed by atoms with Gasteiger partial charge in [-0.15, -0.1) is 0 Å². The Hall–Kier alpha value is -2.62. The summed E-state index contributed by atoms with van der Waals surface area (Å²) in [6.07, 6.45) is 5.54. The first-order valence-corrected chi connectivity index (χ1v) is 8.67. The number of aromatic amines is 1. The summed E-state index contributed by atoms with van der Waals surface area (Å²) in [4.78, 5) is 28.1. The van der Waals surface area contributed by atoms with Crippen molar-refractivity contribution < 1.29 is 4.79 Å². The average molecular weight is 338 g/mol. The minimum absolute atomic E-state index is 0.0153. The summed E-state index contributed by atoms with van der Waals surface area (Å²) < 4.78 is 0. The van der Waals surface area contributed by atoms with Crippen molar-refractivity contribution in [2.24, 2.45) is 11.3 Å². The maximum Gasteiger partial charge on any atom is 0.236 e. The van der Waals surface area contributed by atoms with Gasteiger partial charge < -0.3 is 14.8 Å². The molecule has 1 saturated heterocycles. The van der Waals surface area contributed by atoms with Crippen molar-refractivity contribution in [2.75, 3.05) is 25.0 Å². The molecule has 0 spiro atoms. The third kappa shape index (κ3) is 2.53. The highest BCUT2D eigenvalue weighted by Crippen LogP contribution is 2.50. The Morgan fingerprint density at radius 2 is 2.40 bits per heavy atom. The van der Waals surface area contributed by atoms with E-state index < -0.39 is 0 Å². The van der Waals surface area contributed by atoms with Gasteiger partial charge in [0.05, 0.1) is 11.5 Å². The molecule has 2 aromatic rings. The maximum atomic E-state index is 12.0. The van der Waals surface area contributed by atoms with Gasteiger partial charge in [0.15, 0.2) is 0 Å². The third-order valence-electron chi connectivity index (χ3n) is 6.03. The molecule has 3 atom stereocenters. The smallest absolute Gasteiger partial charge is 0.236 e. The summed E-state index contributed by atoms with van der Waals surface area (Å²) in [6.45, 7) is 3.80. The van der Waals surface area contributed by atoms with E-state index in [0.717, 1.165) is 42.8 Å². The summed E-state index contributed by atoms with van der Waals surface area (Å²) >= 11 is 0. The monoisotopic (exact) mass is 338 g/mol. The molecular weight excluding hydrogens is 316 g/mol. The predicted molar refractivity (Wildman–Crippen MR) is 93.7 cm³/mol. The van der Waals surface area contributed by atoms with E-state index in [1.54, 1.807) is 6.33 Å². The molecule has 0 bridgehead atoms. The molecule has 25 heavy (non-hydrogen) atoms. The van der Waals surface area contributed by atoms with E-state index in [1.807, 2.05) is 23.2 Å². The van der Waals surface area contributed by atoms with Crippen molar-refractivity contribution in [1.82, 2.24) is 19.9 Å². The van der Waals surface area contributed by atoms with Gasteiger partial charge in [0.1, 0.15) is 24.2 Å². The number of likely N-dealkylation sites (tertiary alicyclic amines) is 1. The number of nitrogens with one attached hydrogen (secondary N) is 1. The van der Waals surface area contributed by atoms with Crippen molar-refractivity contribution in [3.63, 3.8) is 0 Å². The molecule has 130 valence electrons. The average Bonchev–Trinajstić information content (AvgIpc) is 3.25. The second-order valence-electron chi connectivity index (χ2n) is 7.60. The number of hydrogen-bond donors (Lipinski definition) is 1. The van der Waals surface area contributed by atoms with Gasteiger partial charge in [-0.2, -0.15) is 5.26 Å². The van der Waals surface area contributed by atoms with Crippen LogP contribution in [-0.2, 0) is 4.79 Å². The molecule has 2 aliphatic rings. The zero-order chi connectivity index (χ0) is 17.6. The fourth-order valence-electron chi connectivity index (χ4n) is 4.63. The molecule has 0 aromatic carbocycles. The van der Waals surface area contributed by atoms with E-state index in [0.29, 0.717) is 12.0 Å². The number of aromatic nitrogens is 3. The van der Waals surface area contributed by atoms with Gasteiger partial charge in [-0.1, -0.05) is 6.92 Å². The van der Waals surface area contributed by atoms with Crippen LogP contribution < -0.4 is 4.90 Å². The lowest BCUT2D eigenvalue weighted by Gasteiger charge is -2.29. The van der Waals surface area contributed by atoms with E-state index in [4.69, 9.17) is 5.26 Å². The molecule has 2 unspecified atom stereocenters. The van der Waals surface area contributed by atoms with Crippen molar-refractivity contribution >= 4 is 22.8 Å². The lowest BCUT2D eigenvalue weighted by atomic mass is 9.83. The third-order valence-corrected chi connectivity index (χ3v) is 6.03. The number of H-pyrrole nitrogens is 1. The standard InChI is InChI=1S/C18H22N6O/c1-18-8-13(7-12(18)9-24(10-18)15(25)3-5-19)23(2)17-14-4-6-20-16(14)21-11-22-17/h4,6,11-13H,3,7-10H2,1-2H3,(H,20,21,22)/t12?,13?,18-/m0/s1. The Bertz CT molecular complexity index is 855. The number of nitrogens with zero attached hydrogens (tertiary/aromatic N) is 5. The molecule has 1 amide bonds. The molecule has 2 aromatic heterocycles. The number of rotatable bonds is 3. The quantitative estimate of drug-likeness (QED) is 0.924. The van der Waals surface area contributed by atoms with Crippen LogP contribution in [0.15, 0.2) is 18.6 Å². The summed E-state index contributed by atoms with van der Waals surface area (Å²) in [5, 5.41) is 9.79. The molecule has 4 rings (SSSR count). The predicted octanol–water partition coefficient (Wildman–Crippen LogP) is 1.93. The molecular formula is C18H22N6O. The van der Waals surface area contributed by atoms with Crippen LogP contribution in [0, 0.1) is 22.7 Å². The highest BCUT2D eigenvalue weighted by molar-refractivity contribution is 5.87. The van der Waals surface area contributed by atoms with E-state index in [9.17, 15) is 4.79 Å². The van der Waals surface area contributed by atoms with Gasteiger partial charge >= 0.3 is 0 Å². The van der Waals surface area contributed by atoms with Gasteiger partial charge in [-0.05, 0) is 30.2 Å². The van der Waals surface area contributed by atoms with Crippen LogP contribution in [0.5, 0.6) is 0 Å². The Morgan fingerprint density at radius 3 is 3.16 bits per heavy atom. The number of fused-ring (bicyclic) bond motifs is 2. The minimum atomic E-state index is -0.0344. The second kappa shape index (κ2) is 5.73. The Labute approximate surface area is 146 Å². The number of anilines is 1. The summed E-state index contributed by atoms with van der Waals surface area (Å²) in [6, 6.07) is 4.38. The van der Waals surface area contributed by atoms with Crippen LogP contribution in [-0.4, -0.2) is 51.9 Å². The Balaban J connectivity index is 1.52. The van der Waals surface area contributed by atoms with Gasteiger partial charge in [-0.25, -0.2) is 9.97 Å². The summed E-state index contributed by atoms with van der Waals surface area (Å²) in [7, 11) is 2.10. The van der Waals surface area contributed by atoms with Crippen molar-refractivity contribution in [3.8, 4) is 6.07 Å². The highest BCUT2D eigenvalue weighted by Gasteiger charge is 2.51. The lowest BCUT2D eigenvalue weighted by molar-refractivity contribution is -0.129. The molecule has 1 aliphatic heterocycles. The van der Waals surface area contributed by atoms with Crippen molar-refractivity contribution in [3.05, 3.63) is 18.6 Å².